The maximum absolute atomic E-state index is 11.0. The minimum atomic E-state index is -0.0903. The Hall–Kier alpha value is -2.36. The lowest BCUT2D eigenvalue weighted by Crippen LogP contribution is -2.09. The van der Waals surface area contributed by atoms with Gasteiger partial charge in [0.15, 0.2) is 0 Å². The highest BCUT2D eigenvalue weighted by molar-refractivity contribution is 6.01. The van der Waals surface area contributed by atoms with Crippen LogP contribution in [-0.4, -0.2) is 25.7 Å². The van der Waals surface area contributed by atoms with Gasteiger partial charge in [0, 0.05) is 35.5 Å². The van der Waals surface area contributed by atoms with E-state index in [0.29, 0.717) is 12.3 Å². The summed E-state index contributed by atoms with van der Waals surface area (Å²) >= 11 is 0. The van der Waals surface area contributed by atoms with E-state index in [1.165, 1.54) is 0 Å². The third-order valence-corrected chi connectivity index (χ3v) is 3.66. The molecule has 0 fully saturated rings. The molecule has 1 aromatic rings. The summed E-state index contributed by atoms with van der Waals surface area (Å²) in [6.07, 6.45) is 8.82. The molecule has 0 aromatic heterocycles. The van der Waals surface area contributed by atoms with E-state index < -0.39 is 0 Å². The summed E-state index contributed by atoms with van der Waals surface area (Å²) in [5, 5.41) is 11.1. The quantitative estimate of drug-likeness (QED) is 0.410. The zero-order valence-corrected chi connectivity index (χ0v) is 14.3. The normalized spacial score (nSPS) is 13.9. The SMILES string of the molecule is C/C=C\C(C=O)C(C)/C=C/CNc1cc(OC)ccc1C(C)=N. The lowest BCUT2D eigenvalue weighted by Gasteiger charge is -2.13. The number of allylic oxidation sites excluding steroid dienone is 3. The Kier molecular flexibility index (Phi) is 7.81. The van der Waals surface area contributed by atoms with Gasteiger partial charge in [-0.1, -0.05) is 31.2 Å². The maximum atomic E-state index is 11.0. The number of aldehydes is 1. The van der Waals surface area contributed by atoms with Crippen LogP contribution in [0.5, 0.6) is 5.75 Å². The molecule has 0 saturated heterocycles. The smallest absolute Gasteiger partial charge is 0.127 e. The predicted molar refractivity (Wildman–Crippen MR) is 96.7 cm³/mol. The molecule has 0 radical (unpaired) electrons. The second-order valence-electron chi connectivity index (χ2n) is 5.44. The zero-order chi connectivity index (χ0) is 17.2. The van der Waals surface area contributed by atoms with Crippen LogP contribution in [0.4, 0.5) is 5.69 Å². The molecule has 2 unspecified atom stereocenters. The van der Waals surface area contributed by atoms with Gasteiger partial charge in [-0.05, 0) is 31.9 Å². The number of methoxy groups -OCH3 is 1. The number of ether oxygens (including phenoxy) is 1. The van der Waals surface area contributed by atoms with Gasteiger partial charge in [0.2, 0.25) is 0 Å². The second-order valence-corrected chi connectivity index (χ2v) is 5.44. The van der Waals surface area contributed by atoms with E-state index in [9.17, 15) is 4.79 Å². The van der Waals surface area contributed by atoms with Crippen molar-refractivity contribution in [2.45, 2.75) is 20.8 Å². The molecular weight excluding hydrogens is 288 g/mol. The molecule has 23 heavy (non-hydrogen) atoms. The monoisotopic (exact) mass is 314 g/mol. The minimum Gasteiger partial charge on any atom is -0.497 e. The van der Waals surface area contributed by atoms with Crippen LogP contribution >= 0.6 is 0 Å². The highest BCUT2D eigenvalue weighted by atomic mass is 16.5. The number of hydrogen-bond donors (Lipinski definition) is 2. The van der Waals surface area contributed by atoms with Crippen LogP contribution in [0.2, 0.25) is 0 Å². The molecule has 2 N–H and O–H groups in total. The molecular formula is C19H26N2O2. The van der Waals surface area contributed by atoms with E-state index in [0.717, 1.165) is 23.3 Å². The van der Waals surface area contributed by atoms with E-state index in [1.54, 1.807) is 14.0 Å². The van der Waals surface area contributed by atoms with Crippen LogP contribution in [0, 0.1) is 17.2 Å². The van der Waals surface area contributed by atoms with Crippen molar-refractivity contribution in [2.75, 3.05) is 19.0 Å². The summed E-state index contributed by atoms with van der Waals surface area (Å²) in [6, 6.07) is 5.62. The molecule has 0 bridgehead atoms. The lowest BCUT2D eigenvalue weighted by molar-refractivity contribution is -0.110. The Bertz CT molecular complexity index is 591. The standard InChI is InChI=1S/C19H26N2O2/c1-5-7-16(13-22)14(2)8-6-11-21-19-12-17(23-4)9-10-18(19)15(3)20/h5-10,12-14,16,20-21H,11H2,1-4H3/b7-5-,8-6+,20-15?. The van der Waals surface area contributed by atoms with Crippen molar-refractivity contribution in [3.05, 3.63) is 48.1 Å². The Morgan fingerprint density at radius 2 is 2.13 bits per heavy atom. The van der Waals surface area contributed by atoms with Gasteiger partial charge < -0.3 is 20.3 Å². The van der Waals surface area contributed by atoms with Crippen molar-refractivity contribution in [1.82, 2.24) is 0 Å². The topological polar surface area (TPSA) is 62.2 Å². The van der Waals surface area contributed by atoms with Crippen molar-refractivity contribution in [2.24, 2.45) is 11.8 Å². The Morgan fingerprint density at radius 1 is 1.39 bits per heavy atom. The number of hydrogen-bond acceptors (Lipinski definition) is 4. The fourth-order valence-electron chi connectivity index (χ4n) is 2.27. The molecule has 0 heterocycles. The first-order chi connectivity index (χ1) is 11.0. The Labute approximate surface area is 138 Å². The van der Waals surface area contributed by atoms with Crippen LogP contribution in [0.15, 0.2) is 42.5 Å². The molecule has 1 aromatic carbocycles. The third kappa shape index (κ3) is 5.74. The summed E-state index contributed by atoms with van der Waals surface area (Å²) in [6.45, 7) is 6.32. The first-order valence-corrected chi connectivity index (χ1v) is 7.75. The molecule has 0 amide bonds. The first kappa shape index (κ1) is 18.7. The van der Waals surface area contributed by atoms with Crippen molar-refractivity contribution in [1.29, 1.82) is 5.41 Å². The van der Waals surface area contributed by atoms with Crippen LogP contribution in [0.3, 0.4) is 0 Å². The van der Waals surface area contributed by atoms with E-state index in [1.807, 2.05) is 56.4 Å². The van der Waals surface area contributed by atoms with Crippen LogP contribution in [-0.2, 0) is 4.79 Å². The molecule has 4 heteroatoms. The summed E-state index contributed by atoms with van der Waals surface area (Å²) in [7, 11) is 1.62. The second kappa shape index (κ2) is 9.62. The number of carbonyl (C=O) groups is 1. The molecule has 2 atom stereocenters. The maximum Gasteiger partial charge on any atom is 0.127 e. The van der Waals surface area contributed by atoms with Gasteiger partial charge >= 0.3 is 0 Å². The molecule has 0 spiro atoms. The van der Waals surface area contributed by atoms with Gasteiger partial charge in [-0.25, -0.2) is 0 Å². The highest BCUT2D eigenvalue weighted by Gasteiger charge is 2.09. The minimum absolute atomic E-state index is 0.0903. The Morgan fingerprint density at radius 3 is 2.70 bits per heavy atom. The van der Waals surface area contributed by atoms with Crippen molar-refractivity contribution in [3.8, 4) is 5.75 Å². The number of anilines is 1. The Balaban J connectivity index is 2.72. The van der Waals surface area contributed by atoms with Crippen LogP contribution in [0.25, 0.3) is 0 Å². The largest absolute Gasteiger partial charge is 0.497 e. The van der Waals surface area contributed by atoms with Crippen molar-refractivity contribution in [3.63, 3.8) is 0 Å². The molecule has 0 aliphatic rings. The van der Waals surface area contributed by atoms with Crippen molar-refractivity contribution >= 4 is 17.7 Å². The number of benzene rings is 1. The van der Waals surface area contributed by atoms with Crippen LogP contribution < -0.4 is 10.1 Å². The average Bonchev–Trinajstić information content (AvgIpc) is 2.55. The highest BCUT2D eigenvalue weighted by Crippen LogP contribution is 2.23. The number of nitrogens with one attached hydrogen (secondary N) is 2. The van der Waals surface area contributed by atoms with Gasteiger partial charge in [0.25, 0.3) is 0 Å². The van der Waals surface area contributed by atoms with E-state index in [2.05, 4.69) is 5.32 Å². The fraction of sp³-hybridized carbons (Fsp3) is 0.368. The van der Waals surface area contributed by atoms with E-state index in [4.69, 9.17) is 10.1 Å². The first-order valence-electron chi connectivity index (χ1n) is 7.75. The average molecular weight is 314 g/mol. The molecule has 4 nitrogen and oxygen atoms in total. The van der Waals surface area contributed by atoms with Gasteiger partial charge in [-0.15, -0.1) is 0 Å². The van der Waals surface area contributed by atoms with E-state index in [-0.39, 0.29) is 11.8 Å². The fourth-order valence-corrected chi connectivity index (χ4v) is 2.27. The summed E-state index contributed by atoms with van der Waals surface area (Å²) in [5.74, 6) is 0.816. The molecule has 0 aliphatic heterocycles. The molecule has 0 saturated carbocycles. The lowest BCUT2D eigenvalue weighted by atomic mass is 9.94. The predicted octanol–water partition coefficient (Wildman–Crippen LogP) is 4.08. The van der Waals surface area contributed by atoms with Crippen LogP contribution in [0.1, 0.15) is 26.3 Å². The summed E-state index contributed by atoms with van der Waals surface area (Å²) in [4.78, 5) is 11.0. The van der Waals surface area contributed by atoms with Gasteiger partial charge in [0.05, 0.1) is 7.11 Å². The summed E-state index contributed by atoms with van der Waals surface area (Å²) < 4.78 is 5.23. The zero-order valence-electron chi connectivity index (χ0n) is 14.3. The molecule has 1 rings (SSSR count). The molecule has 124 valence electrons. The number of rotatable bonds is 9. The van der Waals surface area contributed by atoms with Gasteiger partial charge in [-0.3, -0.25) is 0 Å². The molecule has 0 aliphatic carbocycles. The summed E-state index contributed by atoms with van der Waals surface area (Å²) in [5.41, 5.74) is 2.23. The van der Waals surface area contributed by atoms with Crippen molar-refractivity contribution < 1.29 is 9.53 Å². The van der Waals surface area contributed by atoms with Gasteiger partial charge in [-0.2, -0.15) is 0 Å². The van der Waals surface area contributed by atoms with Gasteiger partial charge in [0.1, 0.15) is 12.0 Å². The third-order valence-electron chi connectivity index (χ3n) is 3.66. The van der Waals surface area contributed by atoms with E-state index >= 15 is 0 Å². The number of carbonyl (C=O) groups excluding carboxylic acids is 1.